The highest BCUT2D eigenvalue weighted by Crippen LogP contribution is 2.08. The molecule has 4 nitrogen and oxygen atoms in total. The molecule has 0 aromatic heterocycles. The number of ketones is 1. The van der Waals surface area contributed by atoms with E-state index in [9.17, 15) is 9.59 Å². The highest BCUT2D eigenvalue weighted by Gasteiger charge is 2.08. The van der Waals surface area contributed by atoms with Crippen molar-refractivity contribution in [2.45, 2.75) is 19.3 Å². The van der Waals surface area contributed by atoms with E-state index in [0.717, 1.165) is 12.2 Å². The van der Waals surface area contributed by atoms with Gasteiger partial charge in [0.15, 0.2) is 5.78 Å². The summed E-state index contributed by atoms with van der Waals surface area (Å²) in [6.07, 6.45) is 1.18. The zero-order chi connectivity index (χ0) is 16.3. The number of ether oxygens (including phenoxy) is 1. The molecule has 0 aliphatic rings. The predicted molar refractivity (Wildman–Crippen MR) is 89.6 cm³/mol. The second-order valence-corrected chi connectivity index (χ2v) is 5.15. The molecule has 120 valence electrons. The number of para-hydroxylation sites is 1. The Bertz CT molecular complexity index is 611. The van der Waals surface area contributed by atoms with E-state index in [-0.39, 0.29) is 24.5 Å². The maximum absolute atomic E-state index is 11.9. The minimum absolute atomic E-state index is 0.00633. The van der Waals surface area contributed by atoms with Crippen LogP contribution in [-0.4, -0.2) is 24.8 Å². The molecule has 0 bridgehead atoms. The summed E-state index contributed by atoms with van der Waals surface area (Å²) in [6.45, 7) is 1.10. The van der Waals surface area contributed by atoms with Crippen LogP contribution >= 0.6 is 0 Å². The predicted octanol–water partition coefficient (Wildman–Crippen LogP) is 3.23. The molecule has 0 aliphatic heterocycles. The van der Waals surface area contributed by atoms with Gasteiger partial charge >= 0.3 is 0 Å². The van der Waals surface area contributed by atoms with E-state index in [2.05, 4.69) is 5.32 Å². The Kier molecular flexibility index (Phi) is 6.85. The topological polar surface area (TPSA) is 55.4 Å². The molecule has 0 heterocycles. The number of amides is 1. The first-order valence-electron chi connectivity index (χ1n) is 7.78. The van der Waals surface area contributed by atoms with E-state index in [1.165, 1.54) is 0 Å². The minimum atomic E-state index is -0.103. The maximum atomic E-state index is 11.9. The highest BCUT2D eigenvalue weighted by atomic mass is 16.5. The molecule has 0 radical (unpaired) electrons. The van der Waals surface area contributed by atoms with Crippen molar-refractivity contribution in [1.82, 2.24) is 5.32 Å². The molecule has 2 rings (SSSR count). The fourth-order valence-corrected chi connectivity index (χ4v) is 2.09. The highest BCUT2D eigenvalue weighted by molar-refractivity contribution is 5.97. The van der Waals surface area contributed by atoms with Crippen molar-refractivity contribution in [2.24, 2.45) is 0 Å². The molecule has 2 aromatic rings. The lowest BCUT2D eigenvalue weighted by atomic mass is 10.1. The summed E-state index contributed by atoms with van der Waals surface area (Å²) in [5.41, 5.74) is 0.650. The summed E-state index contributed by atoms with van der Waals surface area (Å²) in [5, 5.41) is 2.80. The monoisotopic (exact) mass is 311 g/mol. The number of carbonyl (C=O) groups excluding carboxylic acids is 2. The summed E-state index contributed by atoms with van der Waals surface area (Å²) >= 11 is 0. The quantitative estimate of drug-likeness (QED) is 0.571. The SMILES string of the molecule is O=C(CCC(=O)c1ccccc1)NCCCOc1ccccc1. The van der Waals surface area contributed by atoms with Crippen molar-refractivity contribution in [3.05, 3.63) is 66.2 Å². The summed E-state index contributed by atoms with van der Waals surface area (Å²) in [4.78, 5) is 23.6. The van der Waals surface area contributed by atoms with Crippen molar-refractivity contribution < 1.29 is 14.3 Å². The van der Waals surface area contributed by atoms with Crippen LogP contribution in [0.25, 0.3) is 0 Å². The van der Waals surface area contributed by atoms with Gasteiger partial charge in [0.05, 0.1) is 6.61 Å². The van der Waals surface area contributed by atoms with Crippen LogP contribution in [0.1, 0.15) is 29.6 Å². The smallest absolute Gasteiger partial charge is 0.220 e. The van der Waals surface area contributed by atoms with Crippen molar-refractivity contribution in [1.29, 1.82) is 0 Å². The Labute approximate surface area is 136 Å². The van der Waals surface area contributed by atoms with Crippen LogP contribution in [-0.2, 0) is 4.79 Å². The lowest BCUT2D eigenvalue weighted by molar-refractivity contribution is -0.121. The van der Waals surface area contributed by atoms with Crippen LogP contribution < -0.4 is 10.1 Å². The van der Waals surface area contributed by atoms with E-state index < -0.39 is 0 Å². The maximum Gasteiger partial charge on any atom is 0.220 e. The van der Waals surface area contributed by atoms with Gasteiger partial charge in [-0.25, -0.2) is 0 Å². The van der Waals surface area contributed by atoms with Gasteiger partial charge < -0.3 is 10.1 Å². The number of hydrogen-bond donors (Lipinski definition) is 1. The Balaban J connectivity index is 1.56. The fourth-order valence-electron chi connectivity index (χ4n) is 2.09. The summed E-state index contributed by atoms with van der Waals surface area (Å²) in [5.74, 6) is 0.717. The number of Topliss-reactive ketones (excluding diaryl/α,β-unsaturated/α-hetero) is 1. The number of rotatable bonds is 9. The normalized spacial score (nSPS) is 10.1. The molecular formula is C19H21NO3. The van der Waals surface area contributed by atoms with Crippen LogP contribution in [0.15, 0.2) is 60.7 Å². The third-order valence-electron chi connectivity index (χ3n) is 3.33. The molecule has 0 fully saturated rings. The molecule has 2 aromatic carbocycles. The Morgan fingerprint density at radius 1 is 0.870 bits per heavy atom. The number of carbonyl (C=O) groups is 2. The molecule has 0 saturated carbocycles. The van der Waals surface area contributed by atoms with Gasteiger partial charge in [-0.2, -0.15) is 0 Å². The van der Waals surface area contributed by atoms with Gasteiger partial charge in [0.1, 0.15) is 5.75 Å². The second kappa shape index (κ2) is 9.41. The van der Waals surface area contributed by atoms with Crippen LogP contribution in [0.5, 0.6) is 5.75 Å². The van der Waals surface area contributed by atoms with Crippen molar-refractivity contribution >= 4 is 11.7 Å². The van der Waals surface area contributed by atoms with Gasteiger partial charge in [-0.3, -0.25) is 9.59 Å². The number of nitrogens with one attached hydrogen (secondary N) is 1. The lowest BCUT2D eigenvalue weighted by Crippen LogP contribution is -2.25. The fraction of sp³-hybridized carbons (Fsp3) is 0.263. The summed E-state index contributed by atoms with van der Waals surface area (Å²) < 4.78 is 5.54. The average molecular weight is 311 g/mol. The largest absolute Gasteiger partial charge is 0.494 e. The first kappa shape index (κ1) is 16.7. The van der Waals surface area contributed by atoms with E-state index in [1.54, 1.807) is 12.1 Å². The van der Waals surface area contributed by atoms with Crippen LogP contribution in [0, 0.1) is 0 Å². The van der Waals surface area contributed by atoms with Gasteiger partial charge in [-0.1, -0.05) is 48.5 Å². The van der Waals surface area contributed by atoms with Gasteiger partial charge in [0, 0.05) is 24.9 Å². The average Bonchev–Trinajstić information content (AvgIpc) is 2.61. The Hall–Kier alpha value is -2.62. The Morgan fingerprint density at radius 3 is 2.22 bits per heavy atom. The molecule has 0 aliphatic carbocycles. The standard InChI is InChI=1S/C19H21NO3/c21-18(16-8-3-1-4-9-16)12-13-19(22)20-14-7-15-23-17-10-5-2-6-11-17/h1-6,8-11H,7,12-15H2,(H,20,22). The molecule has 1 N–H and O–H groups in total. The number of hydrogen-bond acceptors (Lipinski definition) is 3. The van der Waals surface area contributed by atoms with Crippen LogP contribution in [0.3, 0.4) is 0 Å². The van der Waals surface area contributed by atoms with E-state index in [0.29, 0.717) is 18.7 Å². The molecule has 0 atom stereocenters. The summed E-state index contributed by atoms with van der Waals surface area (Å²) in [7, 11) is 0. The zero-order valence-corrected chi connectivity index (χ0v) is 13.0. The van der Waals surface area contributed by atoms with Crippen LogP contribution in [0.2, 0.25) is 0 Å². The van der Waals surface area contributed by atoms with E-state index in [1.807, 2.05) is 48.5 Å². The minimum Gasteiger partial charge on any atom is -0.494 e. The van der Waals surface area contributed by atoms with Crippen molar-refractivity contribution in [3.63, 3.8) is 0 Å². The van der Waals surface area contributed by atoms with Crippen molar-refractivity contribution in [3.8, 4) is 5.75 Å². The molecule has 23 heavy (non-hydrogen) atoms. The first-order valence-corrected chi connectivity index (χ1v) is 7.78. The number of benzene rings is 2. The molecule has 1 amide bonds. The van der Waals surface area contributed by atoms with Crippen LogP contribution in [0.4, 0.5) is 0 Å². The lowest BCUT2D eigenvalue weighted by Gasteiger charge is -2.07. The van der Waals surface area contributed by atoms with E-state index >= 15 is 0 Å². The molecule has 4 heteroatoms. The second-order valence-electron chi connectivity index (χ2n) is 5.15. The molecule has 0 saturated heterocycles. The van der Waals surface area contributed by atoms with Crippen molar-refractivity contribution in [2.75, 3.05) is 13.2 Å². The molecular weight excluding hydrogens is 290 g/mol. The van der Waals surface area contributed by atoms with Gasteiger partial charge in [-0.05, 0) is 18.6 Å². The van der Waals surface area contributed by atoms with Gasteiger partial charge in [-0.15, -0.1) is 0 Å². The Morgan fingerprint density at radius 2 is 1.52 bits per heavy atom. The van der Waals surface area contributed by atoms with Gasteiger partial charge in [0.2, 0.25) is 5.91 Å². The van der Waals surface area contributed by atoms with E-state index in [4.69, 9.17) is 4.74 Å². The summed E-state index contributed by atoms with van der Waals surface area (Å²) in [6, 6.07) is 18.6. The third kappa shape index (κ3) is 6.34. The van der Waals surface area contributed by atoms with Gasteiger partial charge in [0.25, 0.3) is 0 Å². The molecule has 0 unspecified atom stereocenters. The molecule has 0 spiro atoms. The zero-order valence-electron chi connectivity index (χ0n) is 13.0. The third-order valence-corrected chi connectivity index (χ3v) is 3.33. The first-order chi connectivity index (χ1) is 11.3.